The first-order valence-corrected chi connectivity index (χ1v) is 6.05. The molecular weight excluding hydrogens is 194 g/mol. The lowest BCUT2D eigenvalue weighted by Gasteiger charge is -2.20. The maximum Gasteiger partial charge on any atom is 0.0248 e. The Morgan fingerprint density at radius 3 is 2.44 bits per heavy atom. The highest BCUT2D eigenvalue weighted by Crippen LogP contribution is 2.06. The zero-order valence-corrected chi connectivity index (χ0v) is 10.7. The summed E-state index contributed by atoms with van der Waals surface area (Å²) >= 11 is 0. The molecule has 0 bridgehead atoms. The van der Waals surface area contributed by atoms with E-state index in [-0.39, 0.29) is 0 Å². The quantitative estimate of drug-likeness (QED) is 0.718. The van der Waals surface area contributed by atoms with E-state index in [2.05, 4.69) is 63.0 Å². The average molecular weight is 217 g/mol. The first kappa shape index (κ1) is 13.0. The predicted octanol–water partition coefficient (Wildman–Crippen LogP) is 3.56. The Kier molecular flexibility index (Phi) is 5.27. The molecule has 0 aliphatic heterocycles. The van der Waals surface area contributed by atoms with E-state index >= 15 is 0 Å². The molecule has 2 unspecified atom stereocenters. The molecule has 0 spiro atoms. The maximum atomic E-state index is 3.96. The Hall–Kier alpha value is -1.08. The van der Waals surface area contributed by atoms with Gasteiger partial charge in [-0.2, -0.15) is 0 Å². The second-order valence-corrected chi connectivity index (χ2v) is 4.66. The Labute approximate surface area is 99.6 Å². The maximum absolute atomic E-state index is 3.96. The third-order valence-electron chi connectivity index (χ3n) is 2.98. The minimum absolute atomic E-state index is 0.408. The molecule has 1 aromatic rings. The van der Waals surface area contributed by atoms with Gasteiger partial charge >= 0.3 is 0 Å². The van der Waals surface area contributed by atoms with E-state index in [4.69, 9.17) is 0 Å². The first-order chi connectivity index (χ1) is 7.59. The van der Waals surface area contributed by atoms with Gasteiger partial charge < -0.3 is 5.32 Å². The molecule has 1 rings (SSSR count). The number of hydrogen-bond donors (Lipinski definition) is 1. The van der Waals surface area contributed by atoms with Gasteiger partial charge in [0.05, 0.1) is 0 Å². The van der Waals surface area contributed by atoms with Gasteiger partial charge in [0.25, 0.3) is 0 Å². The van der Waals surface area contributed by atoms with Gasteiger partial charge in [-0.15, -0.1) is 0 Å². The van der Waals surface area contributed by atoms with Crippen molar-refractivity contribution in [2.45, 2.75) is 45.7 Å². The van der Waals surface area contributed by atoms with Gasteiger partial charge in [-0.3, -0.25) is 0 Å². The van der Waals surface area contributed by atoms with Crippen LogP contribution in [0.25, 0.3) is 0 Å². The van der Waals surface area contributed by atoms with Gasteiger partial charge in [0.15, 0.2) is 0 Å². The summed E-state index contributed by atoms with van der Waals surface area (Å²) < 4.78 is 0. The molecular formula is C15H23N. The van der Waals surface area contributed by atoms with Crippen molar-refractivity contribution < 1.29 is 0 Å². The van der Waals surface area contributed by atoms with E-state index in [0.717, 1.165) is 6.42 Å². The fourth-order valence-corrected chi connectivity index (χ4v) is 1.68. The lowest BCUT2D eigenvalue weighted by Crippen LogP contribution is -2.35. The van der Waals surface area contributed by atoms with Crippen LogP contribution < -0.4 is 5.32 Å². The van der Waals surface area contributed by atoms with Crippen LogP contribution in [0.2, 0.25) is 0 Å². The smallest absolute Gasteiger partial charge is 0.0248 e. The number of aryl methyl sites for hydroxylation is 1. The van der Waals surface area contributed by atoms with E-state index in [0.29, 0.717) is 12.1 Å². The van der Waals surface area contributed by atoms with Crippen molar-refractivity contribution in [2.75, 3.05) is 0 Å². The van der Waals surface area contributed by atoms with Crippen LogP contribution in [0.5, 0.6) is 0 Å². The lowest BCUT2D eigenvalue weighted by molar-refractivity contribution is 0.477. The van der Waals surface area contributed by atoms with E-state index in [9.17, 15) is 0 Å². The van der Waals surface area contributed by atoms with Crippen molar-refractivity contribution in [1.29, 1.82) is 0 Å². The van der Waals surface area contributed by atoms with E-state index in [1.165, 1.54) is 17.6 Å². The van der Waals surface area contributed by atoms with Gasteiger partial charge in [-0.25, -0.2) is 0 Å². The van der Waals surface area contributed by atoms with Crippen LogP contribution in [0.4, 0.5) is 0 Å². The number of benzene rings is 1. The van der Waals surface area contributed by atoms with E-state index in [1.807, 2.05) is 0 Å². The van der Waals surface area contributed by atoms with Crippen molar-refractivity contribution in [1.82, 2.24) is 5.32 Å². The van der Waals surface area contributed by atoms with Gasteiger partial charge in [0.2, 0.25) is 0 Å². The van der Waals surface area contributed by atoms with E-state index in [1.54, 1.807) is 0 Å². The van der Waals surface area contributed by atoms with Crippen LogP contribution >= 0.6 is 0 Å². The average Bonchev–Trinajstić information content (AvgIpc) is 2.27. The summed E-state index contributed by atoms with van der Waals surface area (Å²) in [6.45, 7) is 10.4. The number of hydrogen-bond acceptors (Lipinski definition) is 1. The number of nitrogens with one attached hydrogen (secondary N) is 1. The summed E-state index contributed by atoms with van der Waals surface area (Å²) in [5.41, 5.74) is 2.62. The Morgan fingerprint density at radius 1 is 1.25 bits per heavy atom. The fraction of sp³-hybridized carbons (Fsp3) is 0.467. The van der Waals surface area contributed by atoms with Crippen molar-refractivity contribution >= 4 is 0 Å². The molecule has 0 fully saturated rings. The largest absolute Gasteiger partial charge is 0.308 e. The molecule has 88 valence electrons. The van der Waals surface area contributed by atoms with Crippen LogP contribution in [-0.2, 0) is 6.42 Å². The summed E-state index contributed by atoms with van der Waals surface area (Å²) in [4.78, 5) is 0. The van der Waals surface area contributed by atoms with Gasteiger partial charge in [0, 0.05) is 12.1 Å². The SMILES string of the molecule is C=C(C)C(C)NC(C)CCc1ccccc1. The zero-order chi connectivity index (χ0) is 12.0. The normalized spacial score (nSPS) is 14.4. The molecule has 1 nitrogen and oxygen atoms in total. The molecule has 0 aliphatic rings. The molecule has 16 heavy (non-hydrogen) atoms. The zero-order valence-electron chi connectivity index (χ0n) is 10.7. The minimum atomic E-state index is 0.408. The Balaban J connectivity index is 2.30. The molecule has 0 amide bonds. The van der Waals surface area contributed by atoms with Crippen molar-refractivity contribution in [3.05, 3.63) is 48.0 Å². The third kappa shape index (κ3) is 4.63. The second kappa shape index (κ2) is 6.49. The van der Waals surface area contributed by atoms with Crippen molar-refractivity contribution in [3.8, 4) is 0 Å². The summed E-state index contributed by atoms with van der Waals surface area (Å²) in [7, 11) is 0. The van der Waals surface area contributed by atoms with Gasteiger partial charge in [-0.05, 0) is 39.2 Å². The lowest BCUT2D eigenvalue weighted by atomic mass is 10.0. The van der Waals surface area contributed by atoms with Crippen LogP contribution in [0.15, 0.2) is 42.5 Å². The standard InChI is InChI=1S/C15H23N/c1-12(2)14(4)16-13(3)10-11-15-8-6-5-7-9-15/h5-9,13-14,16H,1,10-11H2,2-4H3. The molecule has 0 saturated carbocycles. The third-order valence-corrected chi connectivity index (χ3v) is 2.98. The minimum Gasteiger partial charge on any atom is -0.308 e. The molecule has 0 heterocycles. The van der Waals surface area contributed by atoms with Crippen LogP contribution in [-0.4, -0.2) is 12.1 Å². The van der Waals surface area contributed by atoms with Gasteiger partial charge in [-0.1, -0.05) is 42.5 Å². The highest BCUT2D eigenvalue weighted by atomic mass is 14.9. The molecule has 0 saturated heterocycles. The second-order valence-electron chi connectivity index (χ2n) is 4.66. The number of rotatable bonds is 6. The molecule has 2 atom stereocenters. The Morgan fingerprint density at radius 2 is 1.88 bits per heavy atom. The highest BCUT2D eigenvalue weighted by Gasteiger charge is 2.07. The highest BCUT2D eigenvalue weighted by molar-refractivity contribution is 5.14. The summed E-state index contributed by atoms with van der Waals surface area (Å²) in [5.74, 6) is 0. The topological polar surface area (TPSA) is 12.0 Å². The first-order valence-electron chi connectivity index (χ1n) is 6.05. The van der Waals surface area contributed by atoms with Crippen molar-refractivity contribution in [3.63, 3.8) is 0 Å². The molecule has 1 heteroatoms. The summed E-state index contributed by atoms with van der Waals surface area (Å²) in [6.07, 6.45) is 2.31. The van der Waals surface area contributed by atoms with E-state index < -0.39 is 0 Å². The molecule has 1 N–H and O–H groups in total. The molecule has 0 radical (unpaired) electrons. The molecule has 1 aromatic carbocycles. The summed E-state index contributed by atoms with van der Waals surface area (Å²) in [6, 6.07) is 11.6. The van der Waals surface area contributed by atoms with Gasteiger partial charge in [0.1, 0.15) is 0 Å². The predicted molar refractivity (Wildman–Crippen MR) is 71.6 cm³/mol. The fourth-order valence-electron chi connectivity index (χ4n) is 1.68. The molecule has 0 aromatic heterocycles. The summed E-state index contributed by atoms with van der Waals surface area (Å²) in [5, 5.41) is 3.55. The molecule has 0 aliphatic carbocycles. The van der Waals surface area contributed by atoms with Crippen LogP contribution in [0.3, 0.4) is 0 Å². The van der Waals surface area contributed by atoms with Crippen molar-refractivity contribution in [2.24, 2.45) is 0 Å². The van der Waals surface area contributed by atoms with Crippen LogP contribution in [0, 0.1) is 0 Å². The Bertz CT molecular complexity index is 315. The van der Waals surface area contributed by atoms with Crippen LogP contribution in [0.1, 0.15) is 32.8 Å². The monoisotopic (exact) mass is 217 g/mol.